The second kappa shape index (κ2) is 8.00. The van der Waals surface area contributed by atoms with E-state index in [1.165, 1.54) is 36.5 Å². The molecule has 0 aliphatic carbocycles. The number of benzene rings is 2. The summed E-state index contributed by atoms with van der Waals surface area (Å²) in [6.07, 6.45) is 1.51. The molecule has 0 bridgehead atoms. The van der Waals surface area contributed by atoms with E-state index in [2.05, 4.69) is 10.3 Å². The fraction of sp³-hybridized carbons (Fsp3) is 0.111. The number of carbonyl (C=O) groups excluding carboxylic acids is 1. The molecule has 0 aliphatic rings. The van der Waals surface area contributed by atoms with E-state index in [0.717, 1.165) is 11.8 Å². The molecule has 2 aromatic carbocycles. The van der Waals surface area contributed by atoms with Crippen LogP contribution in [0, 0.1) is 22.9 Å². The number of rotatable bonds is 6. The largest absolute Gasteiger partial charge is 0.431 e. The molecule has 3 aromatic rings. The van der Waals surface area contributed by atoms with Crippen LogP contribution in [-0.2, 0) is 4.79 Å². The average Bonchev–Trinajstić information content (AvgIpc) is 3.11. The Morgan fingerprint density at radius 3 is 2.70 bits per heavy atom. The quantitative estimate of drug-likeness (QED) is 0.382. The maximum atomic E-state index is 13.0. The van der Waals surface area contributed by atoms with Crippen LogP contribution in [0.15, 0.2) is 58.3 Å². The molecule has 0 radical (unpaired) electrons. The van der Waals surface area contributed by atoms with Crippen molar-refractivity contribution in [3.8, 4) is 11.3 Å². The number of anilines is 1. The number of halogens is 1. The van der Waals surface area contributed by atoms with Crippen molar-refractivity contribution in [2.45, 2.75) is 12.1 Å². The fourth-order valence-electron chi connectivity index (χ4n) is 2.29. The normalized spacial score (nSPS) is 10.6. The molecule has 138 valence electrons. The van der Waals surface area contributed by atoms with E-state index in [0.29, 0.717) is 27.8 Å². The molecule has 0 aliphatic heterocycles. The van der Waals surface area contributed by atoms with Gasteiger partial charge in [0.05, 0.1) is 16.9 Å². The number of nitro benzene ring substituents is 1. The summed E-state index contributed by atoms with van der Waals surface area (Å²) in [5, 5.41) is 13.8. The lowest BCUT2D eigenvalue weighted by Gasteiger charge is -2.07. The van der Waals surface area contributed by atoms with Gasteiger partial charge in [0.2, 0.25) is 5.91 Å². The third-order valence-electron chi connectivity index (χ3n) is 3.63. The average molecular weight is 387 g/mol. The van der Waals surface area contributed by atoms with Crippen LogP contribution in [0.4, 0.5) is 15.8 Å². The monoisotopic (exact) mass is 387 g/mol. The summed E-state index contributed by atoms with van der Waals surface area (Å²) < 4.78 is 18.5. The standard InChI is InChI=1S/C18H14FN3O4S/c1-11-8-14(22(24)25)6-7-15(11)21-17(23)10-27-18-20-9-16(26-18)12-2-4-13(19)5-3-12/h2-9H,10H2,1H3,(H,21,23). The highest BCUT2D eigenvalue weighted by Gasteiger charge is 2.12. The van der Waals surface area contributed by atoms with Crippen molar-refractivity contribution < 1.29 is 18.5 Å². The highest BCUT2D eigenvalue weighted by molar-refractivity contribution is 7.99. The zero-order valence-corrected chi connectivity index (χ0v) is 15.0. The summed E-state index contributed by atoms with van der Waals surface area (Å²) in [6, 6.07) is 10.0. The van der Waals surface area contributed by atoms with Crippen LogP contribution in [-0.4, -0.2) is 21.6 Å². The molecule has 0 saturated heterocycles. The number of nitro groups is 1. The number of hydrogen-bond acceptors (Lipinski definition) is 6. The molecule has 1 N–H and O–H groups in total. The minimum Gasteiger partial charge on any atom is -0.431 e. The molecular formula is C18H14FN3O4S. The van der Waals surface area contributed by atoms with Gasteiger partial charge in [-0.05, 0) is 42.8 Å². The Balaban J connectivity index is 1.58. The van der Waals surface area contributed by atoms with E-state index in [9.17, 15) is 19.3 Å². The summed E-state index contributed by atoms with van der Waals surface area (Å²) in [5.74, 6) is -0.103. The number of nitrogens with one attached hydrogen (secondary N) is 1. The molecule has 0 unspecified atom stereocenters. The van der Waals surface area contributed by atoms with Gasteiger partial charge < -0.3 is 9.73 Å². The van der Waals surface area contributed by atoms with E-state index in [4.69, 9.17) is 4.42 Å². The topological polar surface area (TPSA) is 98.3 Å². The van der Waals surface area contributed by atoms with Crippen LogP contribution in [0.1, 0.15) is 5.56 Å². The fourth-order valence-corrected chi connectivity index (χ4v) is 2.89. The first-order valence-electron chi connectivity index (χ1n) is 7.82. The molecule has 27 heavy (non-hydrogen) atoms. The Labute approximate surface area is 157 Å². The third-order valence-corrected chi connectivity index (χ3v) is 4.48. The van der Waals surface area contributed by atoms with Gasteiger partial charge in [-0.15, -0.1) is 0 Å². The lowest BCUT2D eigenvalue weighted by Crippen LogP contribution is -2.14. The summed E-state index contributed by atoms with van der Waals surface area (Å²) in [4.78, 5) is 26.4. The number of amides is 1. The second-order valence-electron chi connectivity index (χ2n) is 5.59. The number of aromatic nitrogens is 1. The predicted molar refractivity (Wildman–Crippen MR) is 99.1 cm³/mol. The van der Waals surface area contributed by atoms with Crippen molar-refractivity contribution in [1.82, 2.24) is 4.98 Å². The number of oxazole rings is 1. The number of nitrogens with zero attached hydrogens (tertiary/aromatic N) is 2. The Kier molecular flexibility index (Phi) is 5.51. The van der Waals surface area contributed by atoms with Gasteiger partial charge in [0.25, 0.3) is 10.9 Å². The van der Waals surface area contributed by atoms with E-state index >= 15 is 0 Å². The van der Waals surface area contributed by atoms with E-state index in [-0.39, 0.29) is 23.2 Å². The van der Waals surface area contributed by atoms with Crippen LogP contribution >= 0.6 is 11.8 Å². The smallest absolute Gasteiger partial charge is 0.269 e. The molecule has 0 spiro atoms. The summed E-state index contributed by atoms with van der Waals surface area (Å²) in [5.41, 5.74) is 1.75. The predicted octanol–water partition coefficient (Wildman–Crippen LogP) is 4.43. The van der Waals surface area contributed by atoms with Crippen molar-refractivity contribution in [2.75, 3.05) is 11.1 Å². The molecule has 1 heterocycles. The molecule has 3 rings (SSSR count). The maximum absolute atomic E-state index is 13.0. The first-order chi connectivity index (χ1) is 12.9. The number of aryl methyl sites for hydroxylation is 1. The van der Waals surface area contributed by atoms with Crippen molar-refractivity contribution in [3.05, 3.63) is 70.2 Å². The third kappa shape index (κ3) is 4.70. The molecule has 7 nitrogen and oxygen atoms in total. The molecule has 0 atom stereocenters. The molecule has 1 aromatic heterocycles. The summed E-state index contributed by atoms with van der Waals surface area (Å²) in [7, 11) is 0. The van der Waals surface area contributed by atoms with Crippen LogP contribution in [0.25, 0.3) is 11.3 Å². The highest BCUT2D eigenvalue weighted by atomic mass is 32.2. The number of carbonyl (C=O) groups is 1. The SMILES string of the molecule is Cc1cc([N+](=O)[O-])ccc1NC(=O)CSc1ncc(-c2ccc(F)cc2)o1. The lowest BCUT2D eigenvalue weighted by molar-refractivity contribution is -0.384. The minimum atomic E-state index is -0.490. The van der Waals surface area contributed by atoms with Crippen molar-refractivity contribution in [3.63, 3.8) is 0 Å². The van der Waals surface area contributed by atoms with Crippen LogP contribution in [0.3, 0.4) is 0 Å². The van der Waals surface area contributed by atoms with E-state index in [1.807, 2.05) is 0 Å². The van der Waals surface area contributed by atoms with Crippen molar-refractivity contribution in [1.29, 1.82) is 0 Å². The van der Waals surface area contributed by atoms with Gasteiger partial charge in [-0.3, -0.25) is 14.9 Å². The second-order valence-corrected chi connectivity index (χ2v) is 6.52. The van der Waals surface area contributed by atoms with Gasteiger partial charge in [0.1, 0.15) is 5.82 Å². The minimum absolute atomic E-state index is 0.0343. The van der Waals surface area contributed by atoms with Gasteiger partial charge >= 0.3 is 0 Å². The Morgan fingerprint density at radius 2 is 2.04 bits per heavy atom. The van der Waals surface area contributed by atoms with Gasteiger partial charge in [-0.25, -0.2) is 9.37 Å². The molecule has 0 fully saturated rings. The molecular weight excluding hydrogens is 373 g/mol. The summed E-state index contributed by atoms with van der Waals surface area (Å²) in [6.45, 7) is 1.68. The molecule has 9 heteroatoms. The Bertz CT molecular complexity index is 989. The van der Waals surface area contributed by atoms with Gasteiger partial charge in [-0.2, -0.15) is 0 Å². The van der Waals surface area contributed by atoms with Crippen molar-refractivity contribution in [2.24, 2.45) is 0 Å². The van der Waals surface area contributed by atoms with E-state index < -0.39 is 4.92 Å². The zero-order valence-electron chi connectivity index (χ0n) is 14.1. The number of hydrogen-bond donors (Lipinski definition) is 1. The van der Waals surface area contributed by atoms with Crippen molar-refractivity contribution >= 4 is 29.0 Å². The maximum Gasteiger partial charge on any atom is 0.269 e. The van der Waals surface area contributed by atoms with E-state index in [1.54, 1.807) is 19.1 Å². The number of thioether (sulfide) groups is 1. The highest BCUT2D eigenvalue weighted by Crippen LogP contribution is 2.26. The summed E-state index contributed by atoms with van der Waals surface area (Å²) >= 11 is 1.11. The van der Waals surface area contributed by atoms with Crippen LogP contribution in [0.5, 0.6) is 0 Å². The van der Waals surface area contributed by atoms with Gasteiger partial charge in [0, 0.05) is 23.4 Å². The zero-order chi connectivity index (χ0) is 19.4. The Morgan fingerprint density at radius 1 is 1.30 bits per heavy atom. The first-order valence-corrected chi connectivity index (χ1v) is 8.80. The number of non-ortho nitro benzene ring substituents is 1. The molecule has 1 amide bonds. The van der Waals surface area contributed by atoms with Gasteiger partial charge in [0.15, 0.2) is 5.76 Å². The first kappa shape index (κ1) is 18.6. The van der Waals surface area contributed by atoms with Crippen LogP contribution < -0.4 is 5.32 Å². The lowest BCUT2D eigenvalue weighted by atomic mass is 10.2. The molecule has 0 saturated carbocycles. The van der Waals surface area contributed by atoms with Crippen LogP contribution in [0.2, 0.25) is 0 Å². The van der Waals surface area contributed by atoms with Gasteiger partial charge in [-0.1, -0.05) is 11.8 Å². The Hall–Kier alpha value is -3.20.